The van der Waals surface area contributed by atoms with Crippen LogP contribution in [0.2, 0.25) is 0 Å². The van der Waals surface area contributed by atoms with E-state index >= 15 is 0 Å². The molecule has 28 heavy (non-hydrogen) atoms. The lowest BCUT2D eigenvalue weighted by molar-refractivity contribution is -0.137. The summed E-state index contributed by atoms with van der Waals surface area (Å²) in [6, 6.07) is 15.0. The van der Waals surface area contributed by atoms with Crippen molar-refractivity contribution in [1.29, 1.82) is 0 Å². The topological polar surface area (TPSA) is 32.7 Å². The Morgan fingerprint density at radius 3 is 2.50 bits per heavy atom. The number of rotatable bonds is 5. The number of carbonyl (C=O) groups is 1. The molecule has 148 valence electrons. The molecule has 6 heteroatoms. The molecule has 0 spiro atoms. The van der Waals surface area contributed by atoms with Crippen molar-refractivity contribution in [2.45, 2.75) is 51.2 Å². The second-order valence-corrected chi connectivity index (χ2v) is 7.66. The van der Waals surface area contributed by atoms with Crippen LogP contribution in [0.5, 0.6) is 0 Å². The molecule has 3 rings (SSSR count). The number of amides is 1. The first-order valence-electron chi connectivity index (χ1n) is 9.29. The second kappa shape index (κ2) is 7.78. The monoisotopic (exact) mass is 388 g/mol. The molecule has 0 aromatic heterocycles. The van der Waals surface area contributed by atoms with Crippen LogP contribution in [0.3, 0.4) is 0 Å². The lowest BCUT2D eigenvalue weighted by Gasteiger charge is -2.28. The molecule has 0 aliphatic carbocycles. The third kappa shape index (κ3) is 4.61. The van der Waals surface area contributed by atoms with Crippen LogP contribution >= 0.6 is 0 Å². The fourth-order valence-electron chi connectivity index (χ4n) is 3.40. The Hall–Kier alpha value is -2.63. The first kappa shape index (κ1) is 20.1. The molecule has 0 N–H and O–H groups in total. The van der Waals surface area contributed by atoms with E-state index in [1.807, 2.05) is 44.2 Å². The third-order valence-corrected chi connectivity index (χ3v) is 4.85. The largest absolute Gasteiger partial charge is 0.416 e. The van der Waals surface area contributed by atoms with Gasteiger partial charge in [-0.15, -0.1) is 0 Å². The van der Waals surface area contributed by atoms with Gasteiger partial charge >= 0.3 is 6.18 Å². The summed E-state index contributed by atoms with van der Waals surface area (Å²) in [7, 11) is 0. The van der Waals surface area contributed by atoms with Crippen LogP contribution in [0, 0.1) is 0 Å². The number of halogens is 3. The van der Waals surface area contributed by atoms with E-state index in [-0.39, 0.29) is 5.91 Å². The van der Waals surface area contributed by atoms with E-state index in [0.29, 0.717) is 30.5 Å². The average Bonchev–Trinajstić information content (AvgIpc) is 2.97. The van der Waals surface area contributed by atoms with Crippen LogP contribution in [0.4, 0.5) is 13.2 Å². The van der Waals surface area contributed by atoms with Crippen molar-refractivity contribution < 1.29 is 18.0 Å². The second-order valence-electron chi connectivity index (χ2n) is 7.66. The van der Waals surface area contributed by atoms with E-state index < -0.39 is 17.3 Å². The maximum absolute atomic E-state index is 13.0. The molecule has 1 amide bonds. The van der Waals surface area contributed by atoms with Gasteiger partial charge in [-0.05, 0) is 49.9 Å². The van der Waals surface area contributed by atoms with Crippen LogP contribution in [0.1, 0.15) is 49.8 Å². The Kier molecular flexibility index (Phi) is 5.59. The molecular formula is C22H23F3N2O. The Morgan fingerprint density at radius 1 is 1.11 bits per heavy atom. The Bertz CT molecular complexity index is 873. The number of carbonyl (C=O) groups excluding carboxylic acids is 1. The molecule has 1 aliphatic rings. The van der Waals surface area contributed by atoms with Crippen LogP contribution < -0.4 is 0 Å². The molecule has 0 unspecified atom stereocenters. The number of hydrogen-bond donors (Lipinski definition) is 0. The zero-order valence-corrected chi connectivity index (χ0v) is 16.0. The standard InChI is InChI=1S/C22H23F3N2O/c1-21(2)15-19(17-11-7-12-18(14-17)22(23,24)25)26-27(21)20(28)13-6-10-16-8-4-3-5-9-16/h3-5,7-9,11-12,14H,6,10,13,15H2,1-2H3. The van der Waals surface area contributed by atoms with Crippen LogP contribution in [0.15, 0.2) is 59.7 Å². The maximum Gasteiger partial charge on any atom is 0.416 e. The molecule has 3 nitrogen and oxygen atoms in total. The minimum absolute atomic E-state index is 0.108. The van der Waals surface area contributed by atoms with Crippen molar-refractivity contribution in [1.82, 2.24) is 5.01 Å². The highest BCUT2D eigenvalue weighted by molar-refractivity contribution is 6.03. The molecule has 0 saturated carbocycles. The van der Waals surface area contributed by atoms with Crippen molar-refractivity contribution in [3.63, 3.8) is 0 Å². The van der Waals surface area contributed by atoms with Gasteiger partial charge < -0.3 is 0 Å². The fourth-order valence-corrected chi connectivity index (χ4v) is 3.40. The molecule has 0 bridgehead atoms. The molecule has 0 atom stereocenters. The highest BCUT2D eigenvalue weighted by atomic mass is 19.4. The van der Waals surface area contributed by atoms with Crippen LogP contribution in [-0.4, -0.2) is 22.2 Å². The summed E-state index contributed by atoms with van der Waals surface area (Å²) in [6.07, 6.45) is -2.15. The van der Waals surface area contributed by atoms with Crippen molar-refractivity contribution in [3.05, 3.63) is 71.3 Å². The average molecular weight is 388 g/mol. The van der Waals surface area contributed by atoms with E-state index in [0.717, 1.165) is 18.6 Å². The van der Waals surface area contributed by atoms with Gasteiger partial charge in [0.15, 0.2) is 0 Å². The molecule has 0 radical (unpaired) electrons. The van der Waals surface area contributed by atoms with Gasteiger partial charge in [0.1, 0.15) is 0 Å². The third-order valence-electron chi connectivity index (χ3n) is 4.85. The first-order valence-corrected chi connectivity index (χ1v) is 9.29. The molecule has 0 fully saturated rings. The number of alkyl halides is 3. The van der Waals surface area contributed by atoms with Crippen LogP contribution in [0.25, 0.3) is 0 Å². The predicted octanol–water partition coefficient (Wildman–Crippen LogP) is 5.44. The zero-order valence-electron chi connectivity index (χ0n) is 16.0. The normalized spacial score (nSPS) is 16.2. The first-order chi connectivity index (χ1) is 13.2. The minimum atomic E-state index is -4.41. The van der Waals surface area contributed by atoms with Crippen molar-refractivity contribution in [3.8, 4) is 0 Å². The van der Waals surface area contributed by atoms with Gasteiger partial charge in [-0.1, -0.05) is 42.5 Å². The van der Waals surface area contributed by atoms with E-state index in [1.54, 1.807) is 6.07 Å². The Labute approximate surface area is 162 Å². The Morgan fingerprint density at radius 2 is 1.82 bits per heavy atom. The summed E-state index contributed by atoms with van der Waals surface area (Å²) >= 11 is 0. The summed E-state index contributed by atoms with van der Waals surface area (Å²) in [5.41, 5.74) is 0.810. The number of aryl methyl sites for hydroxylation is 1. The number of hydrogen-bond acceptors (Lipinski definition) is 2. The number of nitrogens with zero attached hydrogens (tertiary/aromatic N) is 2. The van der Waals surface area contributed by atoms with Gasteiger partial charge in [0.25, 0.3) is 0 Å². The lowest BCUT2D eigenvalue weighted by atomic mass is 9.94. The van der Waals surface area contributed by atoms with Gasteiger partial charge in [0.2, 0.25) is 5.91 Å². The van der Waals surface area contributed by atoms with Gasteiger partial charge in [-0.3, -0.25) is 4.79 Å². The van der Waals surface area contributed by atoms with Crippen molar-refractivity contribution in [2.24, 2.45) is 5.10 Å². The SMILES string of the molecule is CC1(C)CC(c2cccc(C(F)(F)F)c2)=NN1C(=O)CCCc1ccccc1. The Balaban J connectivity index is 1.71. The quantitative estimate of drug-likeness (QED) is 0.671. The van der Waals surface area contributed by atoms with E-state index in [9.17, 15) is 18.0 Å². The maximum atomic E-state index is 13.0. The predicted molar refractivity (Wildman–Crippen MR) is 103 cm³/mol. The summed E-state index contributed by atoms with van der Waals surface area (Å²) in [5.74, 6) is -0.108. The molecule has 0 saturated heterocycles. The van der Waals surface area contributed by atoms with Crippen molar-refractivity contribution >= 4 is 11.6 Å². The molecule has 1 aliphatic heterocycles. The number of benzene rings is 2. The van der Waals surface area contributed by atoms with Crippen molar-refractivity contribution in [2.75, 3.05) is 0 Å². The summed E-state index contributed by atoms with van der Waals surface area (Å²) in [6.45, 7) is 3.76. The number of hydrazone groups is 1. The smallest absolute Gasteiger partial charge is 0.273 e. The molecule has 2 aromatic carbocycles. The summed E-state index contributed by atoms with van der Waals surface area (Å²) in [5, 5.41) is 5.83. The van der Waals surface area contributed by atoms with Gasteiger partial charge in [-0.25, -0.2) is 5.01 Å². The zero-order chi connectivity index (χ0) is 20.4. The highest BCUT2D eigenvalue weighted by Gasteiger charge is 2.39. The molecular weight excluding hydrogens is 365 g/mol. The van der Waals surface area contributed by atoms with E-state index in [2.05, 4.69) is 5.10 Å². The fraction of sp³-hybridized carbons (Fsp3) is 0.364. The van der Waals surface area contributed by atoms with Gasteiger partial charge in [0.05, 0.1) is 16.8 Å². The molecule has 2 aromatic rings. The van der Waals surface area contributed by atoms with E-state index in [1.165, 1.54) is 16.6 Å². The van der Waals surface area contributed by atoms with Gasteiger partial charge in [-0.2, -0.15) is 18.3 Å². The van der Waals surface area contributed by atoms with E-state index in [4.69, 9.17) is 0 Å². The summed E-state index contributed by atoms with van der Waals surface area (Å²) < 4.78 is 39.0. The molecule has 1 heterocycles. The van der Waals surface area contributed by atoms with Gasteiger partial charge in [0, 0.05) is 12.8 Å². The minimum Gasteiger partial charge on any atom is -0.273 e. The highest BCUT2D eigenvalue weighted by Crippen LogP contribution is 2.33. The van der Waals surface area contributed by atoms with Crippen LogP contribution in [-0.2, 0) is 17.4 Å². The lowest BCUT2D eigenvalue weighted by Crippen LogP contribution is -2.40. The summed E-state index contributed by atoms with van der Waals surface area (Å²) in [4.78, 5) is 12.7.